The minimum absolute atomic E-state index is 0.110. The molecule has 4 heterocycles. The molecule has 10 nitrogen and oxygen atoms in total. The average Bonchev–Trinajstić information content (AvgIpc) is 3.42. The number of fused-ring (bicyclic) bond motifs is 8. The van der Waals surface area contributed by atoms with E-state index >= 15 is 0 Å². The molecule has 4 aliphatic heterocycles. The Morgan fingerprint density at radius 2 is 1.61 bits per heavy atom. The van der Waals surface area contributed by atoms with E-state index < -0.39 is 64.5 Å². The van der Waals surface area contributed by atoms with E-state index in [1.165, 1.54) is 0 Å². The second-order valence-corrected chi connectivity index (χ2v) is 8.92. The van der Waals surface area contributed by atoms with E-state index in [0.717, 1.165) is 0 Å². The largest absolute Gasteiger partial charge is 0.349 e. The van der Waals surface area contributed by atoms with Crippen LogP contribution in [0.25, 0.3) is 0 Å². The lowest BCUT2D eigenvalue weighted by Gasteiger charge is -2.65. The maximum Gasteiger partial charge on any atom is 0.196 e. The number of hydrogen-bond donors (Lipinski definition) is 1. The standard InChI is InChI=1S/C21H14N6O4/c22-2-9-13-15-14(12-4-28-17(13)30-12)19(5-23,6-24)10-1-21(15,18-29-3-11(10)31-18)20(7-25,8-26)16(9)27/h10-12,14-15,17-18,27H,1,3-4H2. The van der Waals surface area contributed by atoms with Crippen molar-refractivity contribution in [1.82, 2.24) is 0 Å². The fourth-order valence-corrected chi connectivity index (χ4v) is 7.15. The van der Waals surface area contributed by atoms with Crippen molar-refractivity contribution >= 4 is 5.71 Å². The lowest BCUT2D eigenvalue weighted by atomic mass is 9.36. The number of ether oxygens (including phenoxy) is 4. The summed E-state index contributed by atoms with van der Waals surface area (Å²) in [6.07, 6.45) is -2.98. The van der Waals surface area contributed by atoms with Crippen LogP contribution in [-0.4, -0.2) is 43.7 Å². The van der Waals surface area contributed by atoms with Crippen LogP contribution in [0.3, 0.4) is 0 Å². The fraction of sp³-hybridized carbons (Fsp3) is 0.619. The van der Waals surface area contributed by atoms with E-state index in [2.05, 4.69) is 12.1 Å². The number of nitrogens with zero attached hydrogens (tertiary/aromatic N) is 5. The summed E-state index contributed by atoms with van der Waals surface area (Å²) in [5.74, 6) is -2.20. The molecule has 152 valence electrons. The predicted octanol–water partition coefficient (Wildman–Crippen LogP) is 0.656. The SMILES string of the molecule is N#CC1=C2C3OCC(O3)C3C2C2(CC(C4COC2O4)C3(C#N)C#N)C(C#N)(C#N)C1=N. The van der Waals surface area contributed by atoms with Crippen LogP contribution in [0.15, 0.2) is 11.1 Å². The fourth-order valence-electron chi connectivity index (χ4n) is 7.15. The molecule has 6 rings (SSSR count). The van der Waals surface area contributed by atoms with Gasteiger partial charge in [-0.05, 0) is 6.42 Å². The van der Waals surface area contributed by atoms with Crippen LogP contribution in [0.2, 0.25) is 0 Å². The molecule has 0 aromatic heterocycles. The highest BCUT2D eigenvalue weighted by atomic mass is 16.7. The van der Waals surface area contributed by atoms with Gasteiger partial charge < -0.3 is 24.4 Å². The first-order chi connectivity index (χ1) is 15.0. The van der Waals surface area contributed by atoms with Crippen LogP contribution in [0.5, 0.6) is 0 Å². The van der Waals surface area contributed by atoms with Crippen molar-refractivity contribution < 1.29 is 18.9 Å². The average molecular weight is 414 g/mol. The van der Waals surface area contributed by atoms with E-state index in [-0.39, 0.29) is 25.2 Å². The minimum Gasteiger partial charge on any atom is -0.349 e. The monoisotopic (exact) mass is 414 g/mol. The van der Waals surface area contributed by atoms with Crippen LogP contribution in [0.4, 0.5) is 0 Å². The topological polar surface area (TPSA) is 180 Å². The van der Waals surface area contributed by atoms with Crippen molar-refractivity contribution in [1.29, 1.82) is 31.7 Å². The highest BCUT2D eigenvalue weighted by molar-refractivity contribution is 6.11. The van der Waals surface area contributed by atoms with Gasteiger partial charge in [0.05, 0.1) is 66.4 Å². The summed E-state index contributed by atoms with van der Waals surface area (Å²) in [5.41, 5.74) is -5.23. The van der Waals surface area contributed by atoms with Crippen molar-refractivity contribution in [3.05, 3.63) is 11.1 Å². The zero-order valence-electron chi connectivity index (χ0n) is 16.0. The van der Waals surface area contributed by atoms with Gasteiger partial charge in [-0.2, -0.15) is 26.3 Å². The van der Waals surface area contributed by atoms with Crippen LogP contribution >= 0.6 is 0 Å². The lowest BCUT2D eigenvalue weighted by Crippen LogP contribution is -2.73. The molecule has 6 aliphatic rings. The molecule has 4 saturated heterocycles. The van der Waals surface area contributed by atoms with Crippen molar-refractivity contribution in [2.24, 2.45) is 34.0 Å². The zero-order valence-corrected chi connectivity index (χ0v) is 16.0. The Labute approximate surface area is 176 Å². The van der Waals surface area contributed by atoms with Crippen LogP contribution in [0.1, 0.15) is 6.42 Å². The molecule has 5 fully saturated rings. The van der Waals surface area contributed by atoms with Gasteiger partial charge in [0.25, 0.3) is 0 Å². The van der Waals surface area contributed by atoms with Gasteiger partial charge in [0, 0.05) is 23.3 Å². The van der Waals surface area contributed by atoms with Gasteiger partial charge in [-0.15, -0.1) is 0 Å². The first-order valence-corrected chi connectivity index (χ1v) is 9.92. The summed E-state index contributed by atoms with van der Waals surface area (Å²) in [5, 5.41) is 59.9. The van der Waals surface area contributed by atoms with Gasteiger partial charge in [0.1, 0.15) is 6.07 Å². The molecule has 1 saturated carbocycles. The summed E-state index contributed by atoms with van der Waals surface area (Å²) in [6, 6.07) is 10.5. The molecule has 8 unspecified atom stereocenters. The Kier molecular flexibility index (Phi) is 3.27. The van der Waals surface area contributed by atoms with E-state index in [4.69, 9.17) is 24.4 Å². The Morgan fingerprint density at radius 3 is 2.26 bits per heavy atom. The summed E-state index contributed by atoms with van der Waals surface area (Å²) in [4.78, 5) is 0. The Hall–Kier alpha value is -3.30. The number of nitrogens with one attached hydrogen (secondary N) is 1. The summed E-state index contributed by atoms with van der Waals surface area (Å²) in [6.45, 7) is 0.232. The van der Waals surface area contributed by atoms with Crippen molar-refractivity contribution in [2.45, 2.75) is 31.2 Å². The van der Waals surface area contributed by atoms with Gasteiger partial charge in [-0.25, -0.2) is 0 Å². The molecule has 8 atom stereocenters. The van der Waals surface area contributed by atoms with Gasteiger partial charge >= 0.3 is 0 Å². The van der Waals surface area contributed by atoms with Crippen LogP contribution in [0, 0.1) is 96.1 Å². The highest BCUT2D eigenvalue weighted by Gasteiger charge is 2.82. The Bertz CT molecular complexity index is 1160. The maximum atomic E-state index is 10.3. The third kappa shape index (κ3) is 1.61. The van der Waals surface area contributed by atoms with Crippen LogP contribution < -0.4 is 0 Å². The number of allylic oxidation sites excluding steroid dienone is 1. The normalized spacial score (nSPS) is 46.5. The zero-order chi connectivity index (χ0) is 21.8. The number of rotatable bonds is 0. The highest BCUT2D eigenvalue weighted by Crippen LogP contribution is 2.74. The predicted molar refractivity (Wildman–Crippen MR) is 94.4 cm³/mol. The van der Waals surface area contributed by atoms with Crippen molar-refractivity contribution in [3.8, 4) is 30.3 Å². The molecule has 10 heteroatoms. The molecular formula is C21H14N6O4. The maximum absolute atomic E-state index is 10.3. The van der Waals surface area contributed by atoms with Crippen molar-refractivity contribution in [3.63, 3.8) is 0 Å². The molecular weight excluding hydrogens is 400 g/mol. The van der Waals surface area contributed by atoms with Gasteiger partial charge in [-0.3, -0.25) is 0 Å². The number of nitriles is 5. The molecule has 0 aromatic rings. The molecule has 6 bridgehead atoms. The third-order valence-corrected chi connectivity index (χ3v) is 8.29. The summed E-state index contributed by atoms with van der Waals surface area (Å²) >= 11 is 0. The van der Waals surface area contributed by atoms with E-state index in [1.807, 2.05) is 18.2 Å². The second kappa shape index (κ2) is 5.49. The Morgan fingerprint density at radius 1 is 0.903 bits per heavy atom. The molecule has 31 heavy (non-hydrogen) atoms. The van der Waals surface area contributed by atoms with Gasteiger partial charge in [0.2, 0.25) is 0 Å². The van der Waals surface area contributed by atoms with E-state index in [9.17, 15) is 26.3 Å². The second-order valence-electron chi connectivity index (χ2n) is 8.92. The first kappa shape index (κ1) is 18.5. The summed E-state index contributed by atoms with van der Waals surface area (Å²) < 4.78 is 23.8. The Balaban J connectivity index is 1.78. The molecule has 0 radical (unpaired) electrons. The quantitative estimate of drug-likeness (QED) is 0.595. The number of hydrogen-bond acceptors (Lipinski definition) is 10. The molecule has 1 spiro atoms. The molecule has 2 aliphatic carbocycles. The van der Waals surface area contributed by atoms with E-state index in [1.54, 1.807) is 0 Å². The summed E-state index contributed by atoms with van der Waals surface area (Å²) in [7, 11) is 0. The van der Waals surface area contributed by atoms with Crippen molar-refractivity contribution in [2.75, 3.05) is 13.2 Å². The van der Waals surface area contributed by atoms with E-state index in [0.29, 0.717) is 5.57 Å². The smallest absolute Gasteiger partial charge is 0.196 e. The van der Waals surface area contributed by atoms with Gasteiger partial charge in [-0.1, -0.05) is 0 Å². The van der Waals surface area contributed by atoms with Gasteiger partial charge in [0.15, 0.2) is 23.4 Å². The molecule has 1 N–H and O–H groups in total. The lowest BCUT2D eigenvalue weighted by molar-refractivity contribution is -0.282. The molecule has 0 aromatic carbocycles. The minimum atomic E-state index is -2.05. The van der Waals surface area contributed by atoms with Crippen LogP contribution in [-0.2, 0) is 18.9 Å². The first-order valence-electron chi connectivity index (χ1n) is 9.92. The third-order valence-electron chi connectivity index (χ3n) is 8.29. The molecule has 0 amide bonds.